The van der Waals surface area contributed by atoms with Crippen molar-refractivity contribution in [2.45, 2.75) is 44.6 Å². The SMILES string of the molecule is COC(C)(C)C(=O)N1CCC[C@H](c2ccc(Cc3ccc(Cl)cc3)cn2)C1. The summed E-state index contributed by atoms with van der Waals surface area (Å²) >= 11 is 5.94. The molecular weight excluding hydrogens is 360 g/mol. The maximum atomic E-state index is 12.7. The van der Waals surface area contributed by atoms with E-state index in [0.717, 1.165) is 36.5 Å². The van der Waals surface area contributed by atoms with Gasteiger partial charge in [-0.3, -0.25) is 9.78 Å². The zero-order valence-electron chi connectivity index (χ0n) is 16.2. The second-order valence-corrected chi connectivity index (χ2v) is 8.14. The number of hydrogen-bond acceptors (Lipinski definition) is 3. The zero-order valence-corrected chi connectivity index (χ0v) is 17.0. The number of halogens is 1. The molecule has 1 fully saturated rings. The molecule has 0 unspecified atom stereocenters. The van der Waals surface area contributed by atoms with Crippen LogP contribution in [0.3, 0.4) is 0 Å². The van der Waals surface area contributed by atoms with Crippen molar-refractivity contribution >= 4 is 17.5 Å². The number of methoxy groups -OCH3 is 1. The van der Waals surface area contributed by atoms with E-state index >= 15 is 0 Å². The van der Waals surface area contributed by atoms with Gasteiger partial charge in [0.2, 0.25) is 0 Å². The molecule has 0 N–H and O–H groups in total. The van der Waals surface area contributed by atoms with E-state index in [2.05, 4.69) is 12.1 Å². The topological polar surface area (TPSA) is 42.4 Å². The Morgan fingerprint density at radius 3 is 2.56 bits per heavy atom. The van der Waals surface area contributed by atoms with Crippen LogP contribution in [-0.4, -0.2) is 41.6 Å². The smallest absolute Gasteiger partial charge is 0.254 e. The predicted molar refractivity (Wildman–Crippen MR) is 108 cm³/mol. The van der Waals surface area contributed by atoms with Gasteiger partial charge in [-0.1, -0.05) is 29.8 Å². The van der Waals surface area contributed by atoms with Crippen LogP contribution in [-0.2, 0) is 16.0 Å². The van der Waals surface area contributed by atoms with Crippen LogP contribution in [0.5, 0.6) is 0 Å². The van der Waals surface area contributed by atoms with Crippen molar-refractivity contribution < 1.29 is 9.53 Å². The van der Waals surface area contributed by atoms with Crippen LogP contribution in [0.25, 0.3) is 0 Å². The minimum absolute atomic E-state index is 0.0501. The van der Waals surface area contributed by atoms with Gasteiger partial charge >= 0.3 is 0 Å². The maximum absolute atomic E-state index is 12.7. The molecule has 0 radical (unpaired) electrons. The van der Waals surface area contributed by atoms with E-state index in [1.165, 1.54) is 11.1 Å². The van der Waals surface area contributed by atoms with Crippen molar-refractivity contribution in [3.63, 3.8) is 0 Å². The second kappa shape index (κ2) is 8.41. The Morgan fingerprint density at radius 2 is 1.93 bits per heavy atom. The van der Waals surface area contributed by atoms with Gasteiger partial charge in [-0.15, -0.1) is 0 Å². The Labute approximate surface area is 166 Å². The zero-order chi connectivity index (χ0) is 19.4. The largest absolute Gasteiger partial charge is 0.369 e. The van der Waals surface area contributed by atoms with Crippen LogP contribution in [0, 0.1) is 0 Å². The van der Waals surface area contributed by atoms with Crippen molar-refractivity contribution in [3.05, 3.63) is 64.4 Å². The first-order chi connectivity index (χ1) is 12.9. The van der Waals surface area contributed by atoms with E-state index in [1.807, 2.05) is 49.2 Å². The summed E-state index contributed by atoms with van der Waals surface area (Å²) in [6.07, 6.45) is 4.83. The number of piperidine rings is 1. The number of amides is 1. The van der Waals surface area contributed by atoms with Gasteiger partial charge in [0.15, 0.2) is 0 Å². The van der Waals surface area contributed by atoms with Crippen LogP contribution < -0.4 is 0 Å². The third-order valence-corrected chi connectivity index (χ3v) is 5.57. The van der Waals surface area contributed by atoms with Gasteiger partial charge < -0.3 is 9.64 Å². The summed E-state index contributed by atoms with van der Waals surface area (Å²) in [5, 5.41) is 0.750. The van der Waals surface area contributed by atoms with Crippen LogP contribution >= 0.6 is 11.6 Å². The summed E-state index contributed by atoms with van der Waals surface area (Å²) in [6.45, 7) is 5.14. The Morgan fingerprint density at radius 1 is 1.22 bits per heavy atom. The monoisotopic (exact) mass is 386 g/mol. The normalized spacial score (nSPS) is 17.8. The summed E-state index contributed by atoms with van der Waals surface area (Å²) in [4.78, 5) is 19.3. The van der Waals surface area contributed by atoms with E-state index < -0.39 is 5.60 Å². The van der Waals surface area contributed by atoms with Crippen LogP contribution in [0.1, 0.15) is 49.4 Å². The lowest BCUT2D eigenvalue weighted by Crippen LogP contribution is -2.49. The minimum Gasteiger partial charge on any atom is -0.369 e. The average molecular weight is 387 g/mol. The number of ether oxygens (including phenoxy) is 1. The molecule has 0 aliphatic carbocycles. The van der Waals surface area contributed by atoms with E-state index in [-0.39, 0.29) is 11.8 Å². The van der Waals surface area contributed by atoms with E-state index in [9.17, 15) is 4.79 Å². The molecular formula is C22H27ClN2O2. The molecule has 1 aromatic carbocycles. The first kappa shape index (κ1) is 19.8. The number of likely N-dealkylation sites (tertiary alicyclic amines) is 1. The van der Waals surface area contributed by atoms with Gasteiger partial charge in [0.1, 0.15) is 5.60 Å². The molecule has 2 aromatic rings. The summed E-state index contributed by atoms with van der Waals surface area (Å²) in [5.41, 5.74) is 2.66. The molecule has 0 saturated carbocycles. The molecule has 1 amide bonds. The third kappa shape index (κ3) is 4.88. The molecule has 27 heavy (non-hydrogen) atoms. The maximum Gasteiger partial charge on any atom is 0.254 e. The van der Waals surface area contributed by atoms with Crippen molar-refractivity contribution in [1.82, 2.24) is 9.88 Å². The minimum atomic E-state index is -0.780. The van der Waals surface area contributed by atoms with Crippen LogP contribution in [0.2, 0.25) is 5.02 Å². The lowest BCUT2D eigenvalue weighted by molar-refractivity contribution is -0.152. The molecule has 1 aliphatic rings. The molecule has 3 rings (SSSR count). The van der Waals surface area contributed by atoms with Gasteiger partial charge in [0.05, 0.1) is 0 Å². The quantitative estimate of drug-likeness (QED) is 0.762. The fourth-order valence-corrected chi connectivity index (χ4v) is 3.62. The average Bonchev–Trinajstić information content (AvgIpc) is 2.70. The fourth-order valence-electron chi connectivity index (χ4n) is 3.49. The van der Waals surface area contributed by atoms with Crippen LogP contribution in [0.15, 0.2) is 42.6 Å². The van der Waals surface area contributed by atoms with Crippen molar-refractivity contribution in [2.24, 2.45) is 0 Å². The third-order valence-electron chi connectivity index (χ3n) is 5.32. The number of carbonyl (C=O) groups excluding carboxylic acids is 1. The highest BCUT2D eigenvalue weighted by atomic mass is 35.5. The molecule has 4 nitrogen and oxygen atoms in total. The first-order valence-electron chi connectivity index (χ1n) is 9.43. The Hall–Kier alpha value is -1.91. The highest BCUT2D eigenvalue weighted by Crippen LogP contribution is 2.28. The standard InChI is InChI=1S/C22H27ClN2O2/c1-22(2,27-3)21(26)25-12-4-5-18(15-25)20-11-8-17(14-24-20)13-16-6-9-19(23)10-7-16/h6-11,14,18H,4-5,12-13,15H2,1-3H3/t18-/m0/s1. The second-order valence-electron chi connectivity index (χ2n) is 7.70. The first-order valence-corrected chi connectivity index (χ1v) is 9.80. The lowest BCUT2D eigenvalue weighted by Gasteiger charge is -2.36. The fraction of sp³-hybridized carbons (Fsp3) is 0.455. The van der Waals surface area contributed by atoms with Gasteiger partial charge in [-0.2, -0.15) is 0 Å². The van der Waals surface area contributed by atoms with Crippen LogP contribution in [0.4, 0.5) is 0 Å². The number of carbonyl (C=O) groups is 1. The molecule has 1 aliphatic heterocycles. The number of pyridine rings is 1. The van der Waals surface area contributed by atoms with Crippen molar-refractivity contribution in [1.29, 1.82) is 0 Å². The Bertz CT molecular complexity index is 772. The number of aromatic nitrogens is 1. The summed E-state index contributed by atoms with van der Waals surface area (Å²) in [5.74, 6) is 0.328. The number of rotatable bonds is 5. The summed E-state index contributed by atoms with van der Waals surface area (Å²) < 4.78 is 5.36. The molecule has 2 heterocycles. The number of benzene rings is 1. The van der Waals surface area contributed by atoms with Gasteiger partial charge in [-0.25, -0.2) is 0 Å². The van der Waals surface area contributed by atoms with Crippen molar-refractivity contribution in [2.75, 3.05) is 20.2 Å². The lowest BCUT2D eigenvalue weighted by atomic mass is 9.92. The molecule has 5 heteroatoms. The highest BCUT2D eigenvalue weighted by molar-refractivity contribution is 6.30. The molecule has 0 spiro atoms. The summed E-state index contributed by atoms with van der Waals surface area (Å²) in [6, 6.07) is 12.1. The van der Waals surface area contributed by atoms with Crippen molar-refractivity contribution in [3.8, 4) is 0 Å². The Balaban J connectivity index is 1.65. The van der Waals surface area contributed by atoms with Gasteiger partial charge in [0, 0.05) is 43.0 Å². The molecule has 1 aromatic heterocycles. The van der Waals surface area contributed by atoms with E-state index in [0.29, 0.717) is 6.54 Å². The highest BCUT2D eigenvalue weighted by Gasteiger charge is 2.35. The number of nitrogens with zero attached hydrogens (tertiary/aromatic N) is 2. The van der Waals surface area contributed by atoms with E-state index in [4.69, 9.17) is 21.3 Å². The Kier molecular flexibility index (Phi) is 6.18. The molecule has 0 bridgehead atoms. The van der Waals surface area contributed by atoms with E-state index in [1.54, 1.807) is 7.11 Å². The summed E-state index contributed by atoms with van der Waals surface area (Å²) in [7, 11) is 1.58. The van der Waals surface area contributed by atoms with Gasteiger partial charge in [0.25, 0.3) is 5.91 Å². The molecule has 1 atom stereocenters. The number of hydrogen-bond donors (Lipinski definition) is 0. The predicted octanol–water partition coefficient (Wildman–Crippen LogP) is 4.46. The molecule has 1 saturated heterocycles. The molecule has 144 valence electrons. The van der Waals surface area contributed by atoms with Gasteiger partial charge in [-0.05, 0) is 62.4 Å².